The number of rotatable bonds is 15. The summed E-state index contributed by atoms with van der Waals surface area (Å²) >= 11 is 0. The summed E-state index contributed by atoms with van der Waals surface area (Å²) in [5.41, 5.74) is 4.14. The molecule has 0 aliphatic heterocycles. The molecule has 1 aliphatic carbocycles. The predicted octanol–water partition coefficient (Wildman–Crippen LogP) is 7.37. The second-order valence-electron chi connectivity index (χ2n) is 9.73. The van der Waals surface area contributed by atoms with Crippen molar-refractivity contribution < 1.29 is 13.0 Å². The molecule has 4 heteroatoms. The summed E-state index contributed by atoms with van der Waals surface area (Å²) in [5, 5.41) is 0. The Kier molecular flexibility index (Phi) is 12.2. The van der Waals surface area contributed by atoms with E-state index in [1.54, 1.807) is 0 Å². The highest BCUT2D eigenvalue weighted by molar-refractivity contribution is 7.89. The molecule has 0 amide bonds. The van der Waals surface area contributed by atoms with Gasteiger partial charge in [0.25, 0.3) is 0 Å². The maximum absolute atomic E-state index is 11.0. The van der Waals surface area contributed by atoms with Crippen molar-refractivity contribution in [3.63, 3.8) is 0 Å². The zero-order valence-corrected chi connectivity index (χ0v) is 20.2. The van der Waals surface area contributed by atoms with Gasteiger partial charge < -0.3 is 4.55 Å². The smallest absolute Gasteiger partial charge is 0.124 e. The monoisotopic (exact) mass is 423 g/mol. The summed E-state index contributed by atoms with van der Waals surface area (Å²) < 4.78 is 33.0. The second-order valence-corrected chi connectivity index (χ2v) is 11.1. The molecule has 0 spiro atoms. The normalized spacial score (nSPS) is 17.8. The van der Waals surface area contributed by atoms with Gasteiger partial charge in [0.1, 0.15) is 10.1 Å². The van der Waals surface area contributed by atoms with Gasteiger partial charge in [-0.05, 0) is 48.2 Å². The predicted molar refractivity (Wildman–Crippen MR) is 122 cm³/mol. The van der Waals surface area contributed by atoms with Crippen molar-refractivity contribution in [3.05, 3.63) is 28.4 Å². The van der Waals surface area contributed by atoms with E-state index < -0.39 is 10.1 Å². The lowest BCUT2D eigenvalue weighted by atomic mass is 9.89. The zero-order chi connectivity index (χ0) is 21.9. The van der Waals surface area contributed by atoms with Crippen LogP contribution in [-0.4, -0.2) is 13.0 Å². The second kappa shape index (κ2) is 13.5. The van der Waals surface area contributed by atoms with E-state index in [9.17, 15) is 13.0 Å². The minimum absolute atomic E-state index is 0.142. The molecule has 3 unspecified atom stereocenters. The third kappa shape index (κ3) is 11.8. The van der Waals surface area contributed by atoms with Crippen LogP contribution in [0.5, 0.6) is 0 Å². The summed E-state index contributed by atoms with van der Waals surface area (Å²) in [4.78, 5) is -0.142. The average molecular weight is 424 g/mol. The molecule has 29 heavy (non-hydrogen) atoms. The Hall–Kier alpha value is -0.830. The van der Waals surface area contributed by atoms with E-state index in [4.69, 9.17) is 0 Å². The van der Waals surface area contributed by atoms with Crippen molar-refractivity contribution in [3.8, 4) is 0 Å². The lowest BCUT2D eigenvalue weighted by Crippen LogP contribution is -2.05. The molecule has 0 bridgehead atoms. The highest BCUT2D eigenvalue weighted by Crippen LogP contribution is 2.26. The molecule has 1 rings (SSSR count). The van der Waals surface area contributed by atoms with Crippen LogP contribution in [0.15, 0.2) is 28.4 Å². The van der Waals surface area contributed by atoms with Gasteiger partial charge in [0.05, 0.1) is 4.91 Å². The Morgan fingerprint density at radius 3 is 1.86 bits per heavy atom. The van der Waals surface area contributed by atoms with Gasteiger partial charge >= 0.3 is 0 Å². The summed E-state index contributed by atoms with van der Waals surface area (Å²) in [6.45, 7) is 11.6. The number of allylic oxidation sites excluding steroid dienone is 2. The van der Waals surface area contributed by atoms with Gasteiger partial charge in [0, 0.05) is 0 Å². The molecule has 0 aromatic rings. The van der Waals surface area contributed by atoms with Crippen molar-refractivity contribution in [1.82, 2.24) is 0 Å². The van der Waals surface area contributed by atoms with E-state index in [1.165, 1.54) is 69.9 Å². The van der Waals surface area contributed by atoms with Gasteiger partial charge in [-0.1, -0.05) is 98.5 Å². The molecule has 0 aromatic heterocycles. The molecule has 0 fully saturated rings. The van der Waals surface area contributed by atoms with Crippen LogP contribution in [0.2, 0.25) is 0 Å². The first-order valence-electron chi connectivity index (χ1n) is 11.7. The van der Waals surface area contributed by atoms with Crippen molar-refractivity contribution >= 4 is 10.1 Å². The molecule has 168 valence electrons. The molecule has 3 atom stereocenters. The maximum atomic E-state index is 11.0. The van der Waals surface area contributed by atoms with Crippen LogP contribution >= 0.6 is 0 Å². The lowest BCUT2D eigenvalue weighted by Gasteiger charge is -2.17. The van der Waals surface area contributed by atoms with Crippen LogP contribution in [0.1, 0.15) is 105 Å². The van der Waals surface area contributed by atoms with Gasteiger partial charge in [-0.25, -0.2) is 8.42 Å². The van der Waals surface area contributed by atoms with Crippen molar-refractivity contribution in [2.24, 2.45) is 23.7 Å². The summed E-state index contributed by atoms with van der Waals surface area (Å²) in [5.74, 6) is 2.89. The fourth-order valence-electron chi connectivity index (χ4n) is 4.11. The van der Waals surface area contributed by atoms with E-state index in [0.717, 1.165) is 29.7 Å². The van der Waals surface area contributed by atoms with Gasteiger partial charge in [0.15, 0.2) is 0 Å². The van der Waals surface area contributed by atoms with Crippen molar-refractivity contribution in [1.29, 1.82) is 0 Å². The van der Waals surface area contributed by atoms with Gasteiger partial charge in [-0.2, -0.15) is 0 Å². The highest BCUT2D eigenvalue weighted by Gasteiger charge is 2.13. The van der Waals surface area contributed by atoms with E-state index in [-0.39, 0.29) is 4.91 Å². The zero-order valence-electron chi connectivity index (χ0n) is 19.4. The molecule has 0 saturated heterocycles. The highest BCUT2D eigenvalue weighted by atomic mass is 32.2. The number of hydrogen-bond acceptors (Lipinski definition) is 3. The third-order valence-corrected chi connectivity index (χ3v) is 7.12. The quantitative estimate of drug-likeness (QED) is 0.157. The standard InChI is InChI=1S/C25H44O3S/c1-20(2)10-8-12-22(4)14-9-13-21(3)11-6-7-15-23(5)24-16-18-25(19-17-24)29(26,27)28/h18-23H,6-16H2,1-5H3,(H,26,27,28)/p-1. The van der Waals surface area contributed by atoms with Crippen LogP contribution in [0, 0.1) is 23.7 Å². The Morgan fingerprint density at radius 2 is 1.38 bits per heavy atom. The van der Waals surface area contributed by atoms with E-state index in [0.29, 0.717) is 12.3 Å². The van der Waals surface area contributed by atoms with Gasteiger partial charge in [0.2, 0.25) is 0 Å². The minimum atomic E-state index is -4.35. The van der Waals surface area contributed by atoms with Gasteiger partial charge in [-0.15, -0.1) is 5.73 Å². The molecule has 3 nitrogen and oxygen atoms in total. The summed E-state index contributed by atoms with van der Waals surface area (Å²) in [7, 11) is -4.35. The third-order valence-electron chi connectivity index (χ3n) is 6.26. The molecule has 0 aromatic carbocycles. The summed E-state index contributed by atoms with van der Waals surface area (Å²) in [6.07, 6.45) is 16.4. The van der Waals surface area contributed by atoms with Crippen LogP contribution in [-0.2, 0) is 10.1 Å². The fourth-order valence-corrected chi connectivity index (χ4v) is 4.60. The minimum Gasteiger partial charge on any atom is -0.744 e. The lowest BCUT2D eigenvalue weighted by molar-refractivity contribution is 0.383. The van der Waals surface area contributed by atoms with Crippen LogP contribution < -0.4 is 0 Å². The van der Waals surface area contributed by atoms with Crippen LogP contribution in [0.25, 0.3) is 0 Å². The average Bonchev–Trinajstić information content (AvgIpc) is 2.64. The van der Waals surface area contributed by atoms with E-state index >= 15 is 0 Å². The van der Waals surface area contributed by atoms with E-state index in [1.807, 2.05) is 0 Å². The largest absolute Gasteiger partial charge is 0.744 e. The number of hydrogen-bond donors (Lipinski definition) is 0. The molecule has 0 saturated carbocycles. The molecular weight excluding hydrogens is 380 g/mol. The first kappa shape index (κ1) is 26.2. The van der Waals surface area contributed by atoms with Crippen molar-refractivity contribution in [2.75, 3.05) is 0 Å². The SMILES string of the molecule is CC(C)CCCC(C)CCCC(C)CCCCC(C)C1=C=CC(S(=O)(=O)[O-])=CC1. The number of unbranched alkanes of at least 4 members (excludes halogenated alkanes) is 1. The Labute approximate surface area is 180 Å². The Bertz CT molecular complexity index is 666. The van der Waals surface area contributed by atoms with Gasteiger partial charge in [-0.3, -0.25) is 0 Å². The molecule has 1 aliphatic rings. The summed E-state index contributed by atoms with van der Waals surface area (Å²) in [6, 6.07) is 0. The van der Waals surface area contributed by atoms with Crippen LogP contribution in [0.3, 0.4) is 0 Å². The molecule has 0 heterocycles. The van der Waals surface area contributed by atoms with E-state index in [2.05, 4.69) is 40.3 Å². The van der Waals surface area contributed by atoms with Crippen molar-refractivity contribution in [2.45, 2.75) is 105 Å². The topological polar surface area (TPSA) is 57.2 Å². The first-order chi connectivity index (χ1) is 13.6. The molecule has 0 radical (unpaired) electrons. The maximum Gasteiger partial charge on any atom is 0.124 e. The first-order valence-corrected chi connectivity index (χ1v) is 13.1. The fraction of sp³-hybridized carbons (Fsp3) is 0.800. The van der Waals surface area contributed by atoms with Crippen LogP contribution in [0.4, 0.5) is 0 Å². The molecular formula is C25H43O3S-. The Balaban J connectivity index is 2.14. The Morgan fingerprint density at radius 1 is 0.862 bits per heavy atom. The molecule has 0 N–H and O–H groups in total.